The van der Waals surface area contributed by atoms with Gasteiger partial charge >= 0.3 is 0 Å². The van der Waals surface area contributed by atoms with E-state index in [4.69, 9.17) is 14.7 Å². The van der Waals surface area contributed by atoms with Gasteiger partial charge in [0.05, 0.1) is 0 Å². The van der Waals surface area contributed by atoms with E-state index in [9.17, 15) is 19.2 Å². The van der Waals surface area contributed by atoms with Crippen molar-refractivity contribution >= 4 is 23.3 Å². The third-order valence-corrected chi connectivity index (χ3v) is 3.25. The first kappa shape index (κ1) is 17.4. The number of nitrogens with two attached hydrogens (primary N) is 1. The van der Waals surface area contributed by atoms with E-state index in [-0.39, 0.29) is 34.4 Å². The Labute approximate surface area is 136 Å². The number of hydrogen-bond acceptors (Lipinski definition) is 8. The topological polar surface area (TPSA) is 124 Å². The Morgan fingerprint density at radius 1 is 0.875 bits per heavy atom. The van der Waals surface area contributed by atoms with Gasteiger partial charge in [0.25, 0.3) is 0 Å². The monoisotopic (exact) mass is 332 g/mol. The number of ketones is 2. The van der Waals surface area contributed by atoms with Crippen LogP contribution in [0, 0.1) is 13.8 Å². The van der Waals surface area contributed by atoms with Gasteiger partial charge in [-0.2, -0.15) is 0 Å². The second kappa shape index (κ2) is 6.25. The maximum Gasteiger partial charge on any atom is 0.231 e. The van der Waals surface area contributed by atoms with Gasteiger partial charge < -0.3 is 8.83 Å². The molecule has 0 saturated carbocycles. The molecule has 0 radical (unpaired) electrons. The minimum absolute atomic E-state index is 0.204. The molecule has 0 amide bonds. The van der Waals surface area contributed by atoms with Crippen LogP contribution in [0.3, 0.4) is 0 Å². The molecule has 2 aromatic heterocycles. The molecular weight excluding hydrogens is 316 g/mol. The van der Waals surface area contributed by atoms with E-state index in [2.05, 4.69) is 0 Å². The SMILES string of the molecule is CC(=O)c1c(N(N)c2oc(C)cc(=O)c2C(C)=O)oc(C)cc1=O. The Morgan fingerprint density at radius 2 is 1.21 bits per heavy atom. The van der Waals surface area contributed by atoms with E-state index in [0.29, 0.717) is 0 Å². The van der Waals surface area contributed by atoms with Crippen LogP contribution in [-0.2, 0) is 0 Å². The van der Waals surface area contributed by atoms with Crippen molar-refractivity contribution in [3.63, 3.8) is 0 Å². The molecule has 0 aliphatic carbocycles. The molecule has 0 bridgehead atoms. The molecule has 0 spiro atoms. The van der Waals surface area contributed by atoms with Crippen molar-refractivity contribution in [3.8, 4) is 0 Å². The molecule has 0 aliphatic heterocycles. The molecule has 0 saturated heterocycles. The van der Waals surface area contributed by atoms with Crippen LogP contribution in [0.2, 0.25) is 0 Å². The molecule has 24 heavy (non-hydrogen) atoms. The van der Waals surface area contributed by atoms with Crippen molar-refractivity contribution in [2.45, 2.75) is 27.7 Å². The van der Waals surface area contributed by atoms with Crippen LogP contribution in [0.5, 0.6) is 0 Å². The van der Waals surface area contributed by atoms with Gasteiger partial charge in [-0.15, -0.1) is 0 Å². The van der Waals surface area contributed by atoms with Crippen molar-refractivity contribution < 1.29 is 18.4 Å². The molecular formula is C16H16N2O6. The van der Waals surface area contributed by atoms with Crippen molar-refractivity contribution in [3.05, 3.63) is 55.2 Å². The van der Waals surface area contributed by atoms with Crippen LogP contribution in [0.4, 0.5) is 11.8 Å². The number of nitrogens with zero attached hydrogens (tertiary/aromatic N) is 1. The van der Waals surface area contributed by atoms with Crippen molar-refractivity contribution in [2.24, 2.45) is 5.84 Å². The highest BCUT2D eigenvalue weighted by Crippen LogP contribution is 2.28. The van der Waals surface area contributed by atoms with Crippen LogP contribution in [0.1, 0.15) is 46.1 Å². The lowest BCUT2D eigenvalue weighted by Gasteiger charge is -2.19. The first-order chi connectivity index (χ1) is 11.1. The quantitative estimate of drug-likeness (QED) is 0.509. The van der Waals surface area contributed by atoms with Crippen LogP contribution in [0.25, 0.3) is 0 Å². The van der Waals surface area contributed by atoms with Crippen molar-refractivity contribution in [2.75, 3.05) is 5.01 Å². The fourth-order valence-corrected chi connectivity index (χ4v) is 2.27. The zero-order chi connectivity index (χ0) is 18.2. The smallest absolute Gasteiger partial charge is 0.231 e. The number of hydrazine groups is 1. The number of aryl methyl sites for hydroxylation is 2. The second-order valence-electron chi connectivity index (χ2n) is 5.29. The van der Waals surface area contributed by atoms with Gasteiger partial charge in [-0.05, 0) is 27.7 Å². The van der Waals surface area contributed by atoms with E-state index in [1.165, 1.54) is 27.7 Å². The van der Waals surface area contributed by atoms with Gasteiger partial charge in [-0.1, -0.05) is 0 Å². The number of hydrogen-bond donors (Lipinski definition) is 1. The highest BCUT2D eigenvalue weighted by atomic mass is 16.4. The fourth-order valence-electron chi connectivity index (χ4n) is 2.27. The molecule has 2 rings (SSSR count). The van der Waals surface area contributed by atoms with E-state index >= 15 is 0 Å². The molecule has 0 aromatic carbocycles. The van der Waals surface area contributed by atoms with Crippen molar-refractivity contribution in [1.29, 1.82) is 0 Å². The van der Waals surface area contributed by atoms with Crippen LogP contribution in [-0.4, -0.2) is 11.6 Å². The van der Waals surface area contributed by atoms with Gasteiger partial charge in [0, 0.05) is 12.1 Å². The normalized spacial score (nSPS) is 10.5. The zero-order valence-electron chi connectivity index (χ0n) is 13.6. The first-order valence-corrected chi connectivity index (χ1v) is 6.99. The maximum atomic E-state index is 12.1. The Morgan fingerprint density at radius 3 is 1.50 bits per heavy atom. The summed E-state index contributed by atoms with van der Waals surface area (Å²) in [5.74, 6) is 4.58. The Hall–Kier alpha value is -3.00. The molecule has 8 nitrogen and oxygen atoms in total. The van der Waals surface area contributed by atoms with Crippen LogP contribution in [0.15, 0.2) is 30.6 Å². The van der Waals surface area contributed by atoms with E-state index < -0.39 is 22.4 Å². The summed E-state index contributed by atoms with van der Waals surface area (Å²) in [6.45, 7) is 5.36. The molecule has 0 atom stereocenters. The summed E-state index contributed by atoms with van der Waals surface area (Å²) in [6.07, 6.45) is 0. The number of carbonyl (C=O) groups excluding carboxylic acids is 2. The Bertz CT molecular complexity index is 877. The maximum absolute atomic E-state index is 12.1. The minimum atomic E-state index is -0.587. The Balaban J connectivity index is 2.82. The fraction of sp³-hybridized carbons (Fsp3) is 0.250. The highest BCUT2D eigenvalue weighted by Gasteiger charge is 2.26. The number of Topliss-reactive ketones (excluding diaryl/α,β-unsaturated/α-hetero) is 2. The molecule has 0 unspecified atom stereocenters. The number of rotatable bonds is 4. The van der Waals surface area contributed by atoms with E-state index in [1.54, 1.807) is 0 Å². The lowest BCUT2D eigenvalue weighted by Crippen LogP contribution is -2.32. The average molecular weight is 332 g/mol. The molecule has 2 heterocycles. The summed E-state index contributed by atoms with van der Waals surface area (Å²) < 4.78 is 10.8. The minimum Gasteiger partial charge on any atom is -0.443 e. The predicted octanol–water partition coefficient (Wildman–Crippen LogP) is 1.63. The number of anilines is 2. The van der Waals surface area contributed by atoms with E-state index in [1.807, 2.05) is 0 Å². The summed E-state index contributed by atoms with van der Waals surface area (Å²) in [5.41, 5.74) is -1.78. The van der Waals surface area contributed by atoms with Crippen molar-refractivity contribution in [1.82, 2.24) is 0 Å². The van der Waals surface area contributed by atoms with Gasteiger partial charge in [-0.25, -0.2) is 10.9 Å². The third-order valence-electron chi connectivity index (χ3n) is 3.25. The summed E-state index contributed by atoms with van der Waals surface area (Å²) in [6, 6.07) is 2.29. The van der Waals surface area contributed by atoms with Gasteiger partial charge in [0.1, 0.15) is 22.6 Å². The number of carbonyl (C=O) groups is 2. The molecule has 0 fully saturated rings. The predicted molar refractivity (Wildman–Crippen MR) is 85.8 cm³/mol. The summed E-state index contributed by atoms with van der Waals surface area (Å²) in [7, 11) is 0. The second-order valence-corrected chi connectivity index (χ2v) is 5.29. The van der Waals surface area contributed by atoms with Gasteiger partial charge in [0.15, 0.2) is 22.4 Å². The lowest BCUT2D eigenvalue weighted by molar-refractivity contribution is 0.100. The highest BCUT2D eigenvalue weighted by molar-refractivity contribution is 6.01. The lowest BCUT2D eigenvalue weighted by atomic mass is 10.1. The van der Waals surface area contributed by atoms with Crippen LogP contribution < -0.4 is 21.7 Å². The molecule has 126 valence electrons. The molecule has 2 aromatic rings. The molecule has 0 aliphatic rings. The standard InChI is InChI=1S/C16H16N2O6/c1-7-5-11(21)13(9(3)19)15(23-7)18(17)16-14(10(4)20)12(22)6-8(2)24-16/h5-6H,17H2,1-4H3. The summed E-state index contributed by atoms with van der Waals surface area (Å²) >= 11 is 0. The van der Waals surface area contributed by atoms with E-state index in [0.717, 1.165) is 17.1 Å². The van der Waals surface area contributed by atoms with Crippen LogP contribution >= 0.6 is 0 Å². The summed E-state index contributed by atoms with van der Waals surface area (Å²) in [5, 5.41) is 0.732. The average Bonchev–Trinajstić information content (AvgIpc) is 2.43. The molecule has 8 heteroatoms. The largest absolute Gasteiger partial charge is 0.443 e. The third kappa shape index (κ3) is 3.04. The first-order valence-electron chi connectivity index (χ1n) is 6.99. The van der Waals surface area contributed by atoms with Gasteiger partial charge in [0.2, 0.25) is 11.8 Å². The van der Waals surface area contributed by atoms with Gasteiger partial charge in [-0.3, -0.25) is 19.2 Å². The molecule has 2 N–H and O–H groups in total. The summed E-state index contributed by atoms with van der Waals surface area (Å²) in [4.78, 5) is 47.7. The Kier molecular flexibility index (Phi) is 4.52. The zero-order valence-corrected chi connectivity index (χ0v) is 13.6.